The van der Waals surface area contributed by atoms with Crippen LogP contribution in [-0.4, -0.2) is 69.6 Å². The van der Waals surface area contributed by atoms with Gasteiger partial charge in [-0.05, 0) is 81.8 Å². The number of hydrogen-bond donors (Lipinski definition) is 4. The van der Waals surface area contributed by atoms with Gasteiger partial charge >= 0.3 is 0 Å². The van der Waals surface area contributed by atoms with Crippen LogP contribution in [0.25, 0.3) is 22.5 Å². The van der Waals surface area contributed by atoms with E-state index in [1.807, 2.05) is 32.4 Å². The molecule has 1 saturated heterocycles. The Morgan fingerprint density at radius 1 is 1.02 bits per heavy atom. The van der Waals surface area contributed by atoms with E-state index in [2.05, 4.69) is 31.9 Å². The second-order valence-electron chi connectivity index (χ2n) is 12.9. The van der Waals surface area contributed by atoms with E-state index in [-0.39, 0.29) is 17.0 Å². The highest BCUT2D eigenvalue weighted by molar-refractivity contribution is 6.05. The molecule has 0 bridgehead atoms. The molecule has 2 aliphatic rings. The Labute approximate surface area is 276 Å². The van der Waals surface area contributed by atoms with E-state index < -0.39 is 17.4 Å². The van der Waals surface area contributed by atoms with Crippen molar-refractivity contribution in [3.8, 4) is 16.9 Å². The Kier molecular flexibility index (Phi) is 8.05. The summed E-state index contributed by atoms with van der Waals surface area (Å²) in [6.07, 6.45) is 7.06. The van der Waals surface area contributed by atoms with Crippen LogP contribution in [0.5, 0.6) is 0 Å². The molecule has 2 aliphatic heterocycles. The molecule has 0 radical (unpaired) electrons. The normalized spacial score (nSPS) is 15.7. The minimum atomic E-state index is -1.46. The standard InChI is InChI=1S/C34H38N10O4/c1-34(2,48)33(47)40-41-17-13-22(14-18-41)26-19-24(29-30(35)37-20-38-43(26)29)21-9-11-23(12-10-21)39-31(45)28-25-7-4-6-16-42(25)44(32(28)46)27-8-3-5-15-36-27/h3,5,8-12,15,19-20,22,48H,4,6-7,13-14,16-18H2,1-2H3,(H,39,45)(H,40,47)(H2,35,37,38). The minimum absolute atomic E-state index is 0.142. The maximum atomic E-state index is 13.6. The van der Waals surface area contributed by atoms with Crippen molar-refractivity contribution in [1.82, 2.24) is 39.4 Å². The summed E-state index contributed by atoms with van der Waals surface area (Å²) in [6.45, 7) is 4.79. The van der Waals surface area contributed by atoms with E-state index in [9.17, 15) is 19.5 Å². The van der Waals surface area contributed by atoms with Gasteiger partial charge in [-0.2, -0.15) is 9.78 Å². The molecule has 2 amide bonds. The summed E-state index contributed by atoms with van der Waals surface area (Å²) in [4.78, 5) is 48.1. The quantitative estimate of drug-likeness (QED) is 0.206. The molecule has 5 aromatic rings. The number of nitrogens with zero attached hydrogens (tertiary/aromatic N) is 7. The first-order valence-corrected chi connectivity index (χ1v) is 16.2. The smallest absolute Gasteiger partial charge is 0.285 e. The predicted octanol–water partition coefficient (Wildman–Crippen LogP) is 2.90. The first-order valence-electron chi connectivity index (χ1n) is 16.2. The van der Waals surface area contributed by atoms with Crippen LogP contribution in [0.1, 0.15) is 67.2 Å². The average Bonchev–Trinajstić information content (AvgIpc) is 3.61. The van der Waals surface area contributed by atoms with Gasteiger partial charge in [0.2, 0.25) is 0 Å². The molecule has 14 nitrogen and oxygen atoms in total. The number of nitrogens with one attached hydrogen (secondary N) is 2. The fourth-order valence-electron chi connectivity index (χ4n) is 6.66. The lowest BCUT2D eigenvalue weighted by molar-refractivity contribution is -0.142. The molecule has 0 saturated carbocycles. The zero-order chi connectivity index (χ0) is 33.6. The van der Waals surface area contributed by atoms with Gasteiger partial charge in [0.1, 0.15) is 23.0 Å². The van der Waals surface area contributed by atoms with Crippen molar-refractivity contribution >= 4 is 28.8 Å². The maximum Gasteiger partial charge on any atom is 0.285 e. The van der Waals surface area contributed by atoms with Crippen LogP contribution in [0.15, 0.2) is 65.8 Å². The van der Waals surface area contributed by atoms with E-state index >= 15 is 0 Å². The molecule has 1 fully saturated rings. The molecule has 0 aliphatic carbocycles. The third kappa shape index (κ3) is 5.73. The lowest BCUT2D eigenvalue weighted by atomic mass is 9.93. The fourth-order valence-corrected chi connectivity index (χ4v) is 6.66. The molecule has 1 aromatic carbocycles. The number of aliphatic hydroxyl groups is 1. The molecule has 14 heteroatoms. The summed E-state index contributed by atoms with van der Waals surface area (Å²) in [7, 11) is 0. The van der Waals surface area contributed by atoms with Gasteiger partial charge in [-0.1, -0.05) is 18.2 Å². The second kappa shape index (κ2) is 12.4. The van der Waals surface area contributed by atoms with Crippen LogP contribution >= 0.6 is 0 Å². The molecule has 6 heterocycles. The number of nitrogen functional groups attached to an aromatic ring is 1. The van der Waals surface area contributed by atoms with Crippen molar-refractivity contribution in [2.24, 2.45) is 0 Å². The van der Waals surface area contributed by atoms with Crippen molar-refractivity contribution in [2.45, 2.75) is 64.0 Å². The van der Waals surface area contributed by atoms with Gasteiger partial charge in [0.05, 0.1) is 5.69 Å². The Hall–Kier alpha value is -5.34. The third-order valence-electron chi connectivity index (χ3n) is 9.17. The summed E-state index contributed by atoms with van der Waals surface area (Å²) in [5.74, 6) is 0.0946. The highest BCUT2D eigenvalue weighted by atomic mass is 16.3. The van der Waals surface area contributed by atoms with Gasteiger partial charge in [0.25, 0.3) is 17.4 Å². The molecule has 7 rings (SSSR count). The molecule has 0 atom stereocenters. The van der Waals surface area contributed by atoms with E-state index in [0.717, 1.165) is 48.2 Å². The summed E-state index contributed by atoms with van der Waals surface area (Å²) in [5.41, 5.74) is 12.2. The zero-order valence-electron chi connectivity index (χ0n) is 26.9. The summed E-state index contributed by atoms with van der Waals surface area (Å²) >= 11 is 0. The van der Waals surface area contributed by atoms with E-state index in [1.54, 1.807) is 30.5 Å². The zero-order valence-corrected chi connectivity index (χ0v) is 26.9. The predicted molar refractivity (Wildman–Crippen MR) is 180 cm³/mol. The second-order valence-corrected chi connectivity index (χ2v) is 12.9. The number of hydrazine groups is 1. The van der Waals surface area contributed by atoms with Crippen molar-refractivity contribution in [3.63, 3.8) is 0 Å². The largest absolute Gasteiger partial charge is 0.382 e. The Bertz CT molecular complexity index is 2050. The number of pyridine rings is 1. The highest BCUT2D eigenvalue weighted by Gasteiger charge is 2.31. The first kappa shape index (κ1) is 31.3. The van der Waals surface area contributed by atoms with Crippen molar-refractivity contribution < 1.29 is 14.7 Å². The number of aromatic nitrogens is 6. The number of fused-ring (bicyclic) bond motifs is 2. The van der Waals surface area contributed by atoms with Crippen molar-refractivity contribution in [1.29, 1.82) is 0 Å². The summed E-state index contributed by atoms with van der Waals surface area (Å²) in [6, 6.07) is 14.9. The van der Waals surface area contributed by atoms with E-state index in [0.29, 0.717) is 48.9 Å². The lowest BCUT2D eigenvalue weighted by Gasteiger charge is -2.33. The molecule has 0 spiro atoms. The van der Waals surface area contributed by atoms with Crippen LogP contribution in [0.2, 0.25) is 0 Å². The summed E-state index contributed by atoms with van der Waals surface area (Å²) < 4.78 is 5.22. The highest BCUT2D eigenvalue weighted by Crippen LogP contribution is 2.37. The molecule has 0 unspecified atom stereocenters. The molecule has 4 aromatic heterocycles. The molecular weight excluding hydrogens is 612 g/mol. The van der Waals surface area contributed by atoms with Crippen LogP contribution < -0.4 is 22.0 Å². The summed E-state index contributed by atoms with van der Waals surface area (Å²) in [5, 5.41) is 19.3. The average molecular weight is 651 g/mol. The number of piperidine rings is 1. The van der Waals surface area contributed by atoms with Crippen LogP contribution in [-0.2, 0) is 17.8 Å². The fraction of sp³-hybridized carbons (Fsp3) is 0.353. The van der Waals surface area contributed by atoms with Gasteiger partial charge in [-0.15, -0.1) is 0 Å². The number of rotatable bonds is 7. The van der Waals surface area contributed by atoms with Crippen molar-refractivity contribution in [3.05, 3.63) is 88.4 Å². The van der Waals surface area contributed by atoms with Gasteiger partial charge in [0.15, 0.2) is 11.6 Å². The first-order chi connectivity index (χ1) is 23.1. The van der Waals surface area contributed by atoms with Gasteiger partial charge < -0.3 is 16.2 Å². The number of anilines is 2. The molecule has 48 heavy (non-hydrogen) atoms. The van der Waals surface area contributed by atoms with E-state index in [4.69, 9.17) is 5.73 Å². The molecule has 248 valence electrons. The number of carbonyl (C=O) groups excluding carboxylic acids is 2. The van der Waals surface area contributed by atoms with E-state index in [1.165, 1.54) is 24.9 Å². The SMILES string of the molecule is CC(C)(O)C(=O)NN1CCC(c2cc(-c3ccc(NC(=O)c4c5n(n(-c6ccccn6)c4=O)CCCC5)cc3)c3c(N)ncnn23)CC1. The minimum Gasteiger partial charge on any atom is -0.382 e. The number of nitrogens with two attached hydrogens (primary N) is 1. The van der Waals surface area contributed by atoms with Gasteiger partial charge in [-0.25, -0.2) is 19.5 Å². The van der Waals surface area contributed by atoms with Crippen LogP contribution in [0.3, 0.4) is 0 Å². The van der Waals surface area contributed by atoms with Crippen LogP contribution in [0.4, 0.5) is 11.5 Å². The Balaban J connectivity index is 1.13. The Morgan fingerprint density at radius 2 is 1.79 bits per heavy atom. The number of amides is 2. The molecule has 5 N–H and O–H groups in total. The topological polar surface area (TPSA) is 178 Å². The maximum absolute atomic E-state index is 13.6. The lowest BCUT2D eigenvalue weighted by Crippen LogP contribution is -2.52. The number of carbonyl (C=O) groups is 2. The van der Waals surface area contributed by atoms with Crippen LogP contribution in [0, 0.1) is 0 Å². The van der Waals surface area contributed by atoms with Crippen molar-refractivity contribution in [2.75, 3.05) is 24.1 Å². The monoisotopic (exact) mass is 650 g/mol. The third-order valence-corrected chi connectivity index (χ3v) is 9.17. The number of hydrogen-bond acceptors (Lipinski definition) is 9. The number of benzene rings is 1. The van der Waals surface area contributed by atoms with Gasteiger partial charge in [-0.3, -0.25) is 24.5 Å². The van der Waals surface area contributed by atoms with Gasteiger partial charge in [0, 0.05) is 48.7 Å². The molecular formula is C34H38N10O4. The Morgan fingerprint density at radius 3 is 2.50 bits per heavy atom.